The number of hydrogen-bond donors (Lipinski definition) is 2. The smallest absolute Gasteiger partial charge is 0.128 e. The molecule has 0 bridgehead atoms. The molecule has 4 rings (SSSR count). The van der Waals surface area contributed by atoms with E-state index in [0.717, 1.165) is 48.0 Å². The summed E-state index contributed by atoms with van der Waals surface area (Å²) in [6.07, 6.45) is 4.46. The van der Waals surface area contributed by atoms with Crippen LogP contribution in [0.1, 0.15) is 31.0 Å². The van der Waals surface area contributed by atoms with Crippen molar-refractivity contribution in [1.82, 2.24) is 15.3 Å². The number of nitrogens with one attached hydrogen (secondary N) is 2. The molecule has 1 aliphatic heterocycles. The highest BCUT2D eigenvalue weighted by Crippen LogP contribution is 2.21. The maximum absolute atomic E-state index is 13.3. The fourth-order valence-corrected chi connectivity index (χ4v) is 3.54. The Morgan fingerprint density at radius 1 is 1.15 bits per heavy atom. The van der Waals surface area contributed by atoms with Crippen LogP contribution in [-0.2, 0) is 13.1 Å². The Hall–Kier alpha value is -2.40. The lowest BCUT2D eigenvalue weighted by molar-refractivity contribution is 0.436. The van der Waals surface area contributed by atoms with Crippen LogP contribution in [0, 0.1) is 11.7 Å². The maximum atomic E-state index is 13.3. The molecular formula is C21H25FN4. The van der Waals surface area contributed by atoms with E-state index < -0.39 is 0 Å². The van der Waals surface area contributed by atoms with E-state index in [9.17, 15) is 4.39 Å². The van der Waals surface area contributed by atoms with Crippen LogP contribution >= 0.6 is 0 Å². The number of hydrogen-bond acceptors (Lipinski definition) is 3. The molecule has 0 unspecified atom stereocenters. The fraction of sp³-hybridized carbons (Fsp3) is 0.381. The zero-order valence-corrected chi connectivity index (χ0v) is 15.1. The number of rotatable bonds is 5. The van der Waals surface area contributed by atoms with Crippen molar-refractivity contribution in [2.24, 2.45) is 5.92 Å². The molecule has 1 fully saturated rings. The minimum atomic E-state index is -0.215. The Bertz CT molecular complexity index is 863. The zero-order chi connectivity index (χ0) is 17.9. The van der Waals surface area contributed by atoms with Crippen LogP contribution in [0.3, 0.4) is 0 Å². The van der Waals surface area contributed by atoms with Gasteiger partial charge in [-0.15, -0.1) is 0 Å². The highest BCUT2D eigenvalue weighted by atomic mass is 19.1. The highest BCUT2D eigenvalue weighted by Gasteiger charge is 2.16. The normalized spacial score (nSPS) is 15.7. The molecule has 1 aliphatic rings. The van der Waals surface area contributed by atoms with Crippen LogP contribution in [-0.4, -0.2) is 23.1 Å². The van der Waals surface area contributed by atoms with Crippen LogP contribution in [0.5, 0.6) is 0 Å². The van der Waals surface area contributed by atoms with Gasteiger partial charge in [-0.05, 0) is 60.0 Å². The Morgan fingerprint density at radius 3 is 2.77 bits per heavy atom. The lowest BCUT2D eigenvalue weighted by Crippen LogP contribution is -2.33. The minimum absolute atomic E-state index is 0.215. The van der Waals surface area contributed by atoms with E-state index in [2.05, 4.69) is 45.3 Å². The van der Waals surface area contributed by atoms with E-state index in [0.29, 0.717) is 6.54 Å². The molecule has 0 amide bonds. The van der Waals surface area contributed by atoms with Crippen LogP contribution in [0.25, 0.3) is 10.9 Å². The monoisotopic (exact) mass is 352 g/mol. The third-order valence-electron chi connectivity index (χ3n) is 5.20. The van der Waals surface area contributed by atoms with E-state index in [4.69, 9.17) is 0 Å². The molecule has 0 aliphatic carbocycles. The molecule has 2 N–H and O–H groups in total. The van der Waals surface area contributed by atoms with Gasteiger partial charge in [-0.25, -0.2) is 9.37 Å². The number of aromatic nitrogens is 2. The minimum Gasteiger partial charge on any atom is -0.357 e. The Labute approximate surface area is 153 Å². The van der Waals surface area contributed by atoms with Crippen LogP contribution in [0.4, 0.5) is 10.2 Å². The van der Waals surface area contributed by atoms with Crippen molar-refractivity contribution in [2.75, 3.05) is 18.0 Å². The second kappa shape index (κ2) is 7.46. The molecule has 3 aromatic rings. The van der Waals surface area contributed by atoms with E-state index in [1.54, 1.807) is 6.07 Å². The quantitative estimate of drug-likeness (QED) is 0.722. The first-order chi connectivity index (χ1) is 12.7. The van der Waals surface area contributed by atoms with Gasteiger partial charge in [0.15, 0.2) is 0 Å². The largest absolute Gasteiger partial charge is 0.357 e. The van der Waals surface area contributed by atoms with Gasteiger partial charge in [-0.2, -0.15) is 0 Å². The van der Waals surface area contributed by atoms with E-state index in [1.165, 1.54) is 30.5 Å². The van der Waals surface area contributed by atoms with Crippen molar-refractivity contribution in [1.29, 1.82) is 0 Å². The lowest BCUT2D eigenvalue weighted by Gasteiger charge is -2.31. The molecule has 2 aromatic heterocycles. The maximum Gasteiger partial charge on any atom is 0.128 e. The molecule has 4 nitrogen and oxygen atoms in total. The number of fused-ring (bicyclic) bond motifs is 1. The standard InChI is InChI=1S/C21H25FN4/c1-15-6-8-26(9-7-15)21-5-2-16(13-24-21)12-23-14-19-10-17-3-4-18(22)11-20(17)25-19/h2-5,10-11,13,15,23,25H,6-9,12,14H2,1H3. The van der Waals surface area contributed by atoms with Gasteiger partial charge in [0.1, 0.15) is 11.6 Å². The molecule has 0 atom stereocenters. The molecule has 136 valence electrons. The molecule has 1 aromatic carbocycles. The van der Waals surface area contributed by atoms with Crippen LogP contribution in [0.15, 0.2) is 42.6 Å². The average Bonchev–Trinajstić information content (AvgIpc) is 3.05. The van der Waals surface area contributed by atoms with Gasteiger partial charge in [0.05, 0.1) is 0 Å². The molecule has 5 heteroatoms. The number of halogens is 1. The molecule has 3 heterocycles. The van der Waals surface area contributed by atoms with Gasteiger partial charge < -0.3 is 15.2 Å². The summed E-state index contributed by atoms with van der Waals surface area (Å²) in [4.78, 5) is 10.3. The Balaban J connectivity index is 1.31. The topological polar surface area (TPSA) is 44.0 Å². The summed E-state index contributed by atoms with van der Waals surface area (Å²) in [5.41, 5.74) is 3.06. The van der Waals surface area contributed by atoms with Crippen molar-refractivity contribution in [3.63, 3.8) is 0 Å². The van der Waals surface area contributed by atoms with Crippen LogP contribution < -0.4 is 10.2 Å². The van der Waals surface area contributed by atoms with Gasteiger partial charge in [0, 0.05) is 43.6 Å². The molecule has 1 saturated heterocycles. The Kier molecular flexibility index (Phi) is 4.89. The first-order valence-corrected chi connectivity index (χ1v) is 9.35. The summed E-state index contributed by atoms with van der Waals surface area (Å²) in [5.74, 6) is 1.70. The number of aromatic amines is 1. The molecule has 0 radical (unpaired) electrons. The second-order valence-corrected chi connectivity index (χ2v) is 7.32. The van der Waals surface area contributed by atoms with E-state index in [-0.39, 0.29) is 5.82 Å². The molecule has 26 heavy (non-hydrogen) atoms. The fourth-order valence-electron chi connectivity index (χ4n) is 3.54. The van der Waals surface area contributed by atoms with Gasteiger partial charge in [-0.1, -0.05) is 13.0 Å². The summed E-state index contributed by atoms with van der Waals surface area (Å²) in [6, 6.07) is 11.1. The first kappa shape index (κ1) is 17.0. The van der Waals surface area contributed by atoms with Crippen molar-refractivity contribution in [3.8, 4) is 0 Å². The summed E-state index contributed by atoms with van der Waals surface area (Å²) in [7, 11) is 0. The number of anilines is 1. The van der Waals surface area contributed by atoms with Gasteiger partial charge in [0.2, 0.25) is 0 Å². The summed E-state index contributed by atoms with van der Waals surface area (Å²) < 4.78 is 13.3. The number of nitrogens with zero attached hydrogens (tertiary/aromatic N) is 2. The molecule has 0 saturated carbocycles. The SMILES string of the molecule is CC1CCN(c2ccc(CNCc3cc4ccc(F)cc4[nH]3)cn2)CC1. The van der Waals surface area contributed by atoms with Gasteiger partial charge in [0.25, 0.3) is 0 Å². The zero-order valence-electron chi connectivity index (χ0n) is 15.1. The van der Waals surface area contributed by atoms with E-state index in [1.807, 2.05) is 6.20 Å². The lowest BCUT2D eigenvalue weighted by atomic mass is 9.99. The first-order valence-electron chi connectivity index (χ1n) is 9.35. The van der Waals surface area contributed by atoms with E-state index >= 15 is 0 Å². The van der Waals surface area contributed by atoms with Crippen molar-refractivity contribution >= 4 is 16.7 Å². The molecule has 0 spiro atoms. The third kappa shape index (κ3) is 3.88. The van der Waals surface area contributed by atoms with Crippen molar-refractivity contribution < 1.29 is 4.39 Å². The number of piperidine rings is 1. The van der Waals surface area contributed by atoms with Crippen LogP contribution in [0.2, 0.25) is 0 Å². The average molecular weight is 352 g/mol. The second-order valence-electron chi connectivity index (χ2n) is 7.32. The third-order valence-corrected chi connectivity index (χ3v) is 5.20. The summed E-state index contributed by atoms with van der Waals surface area (Å²) in [6.45, 7) is 6.00. The summed E-state index contributed by atoms with van der Waals surface area (Å²) >= 11 is 0. The molecular weight excluding hydrogens is 327 g/mol. The number of H-pyrrole nitrogens is 1. The predicted octanol–water partition coefficient (Wildman–Crippen LogP) is 4.23. The summed E-state index contributed by atoms with van der Waals surface area (Å²) in [5, 5.41) is 4.45. The number of benzene rings is 1. The predicted molar refractivity (Wildman–Crippen MR) is 104 cm³/mol. The highest BCUT2D eigenvalue weighted by molar-refractivity contribution is 5.80. The van der Waals surface area contributed by atoms with Crippen molar-refractivity contribution in [2.45, 2.75) is 32.9 Å². The Morgan fingerprint density at radius 2 is 2.00 bits per heavy atom. The number of pyridine rings is 1. The van der Waals surface area contributed by atoms with Gasteiger partial charge >= 0.3 is 0 Å². The van der Waals surface area contributed by atoms with Crippen molar-refractivity contribution in [3.05, 3.63) is 59.7 Å². The van der Waals surface area contributed by atoms with Gasteiger partial charge in [-0.3, -0.25) is 0 Å².